The first-order valence-electron chi connectivity index (χ1n) is 6.80. The van der Waals surface area contributed by atoms with Crippen molar-refractivity contribution in [3.63, 3.8) is 0 Å². The average Bonchev–Trinajstić information content (AvgIpc) is 2.41. The molecule has 2 rings (SSSR count). The van der Waals surface area contributed by atoms with Gasteiger partial charge in [0, 0.05) is 12.2 Å². The monoisotopic (exact) mass is 317 g/mol. The molecule has 1 aromatic rings. The number of hydrogen-bond acceptors (Lipinski definition) is 4. The summed E-state index contributed by atoms with van der Waals surface area (Å²) in [6.45, 7) is 0.523. The maximum Gasteiger partial charge on any atom is 0.216 e. The van der Waals surface area contributed by atoms with Gasteiger partial charge >= 0.3 is 0 Å². The van der Waals surface area contributed by atoms with E-state index in [4.69, 9.17) is 17.3 Å². The molecule has 0 amide bonds. The SMILES string of the molecule is NCC1CCCCC1NS(=O)(=O)Cc1ccc(Cl)nc1. The number of nitrogens with two attached hydrogens (primary N) is 1. The molecule has 1 aromatic heterocycles. The van der Waals surface area contributed by atoms with Gasteiger partial charge < -0.3 is 5.73 Å². The quantitative estimate of drug-likeness (QED) is 0.809. The van der Waals surface area contributed by atoms with Gasteiger partial charge in [0.05, 0.1) is 5.75 Å². The van der Waals surface area contributed by atoms with Gasteiger partial charge in [-0.15, -0.1) is 0 Å². The summed E-state index contributed by atoms with van der Waals surface area (Å²) in [5, 5.41) is 0.356. The van der Waals surface area contributed by atoms with Gasteiger partial charge in [0.15, 0.2) is 0 Å². The van der Waals surface area contributed by atoms with Crippen molar-refractivity contribution in [2.75, 3.05) is 6.54 Å². The van der Waals surface area contributed by atoms with E-state index in [-0.39, 0.29) is 17.7 Å². The number of nitrogens with zero attached hydrogens (tertiary/aromatic N) is 1. The second-order valence-electron chi connectivity index (χ2n) is 5.25. The second-order valence-corrected chi connectivity index (χ2v) is 7.39. The van der Waals surface area contributed by atoms with E-state index in [1.54, 1.807) is 12.1 Å². The number of nitrogens with one attached hydrogen (secondary N) is 1. The molecule has 1 heterocycles. The van der Waals surface area contributed by atoms with Gasteiger partial charge in [0.2, 0.25) is 10.0 Å². The summed E-state index contributed by atoms with van der Waals surface area (Å²) in [6, 6.07) is 3.23. The topological polar surface area (TPSA) is 85.1 Å². The van der Waals surface area contributed by atoms with E-state index in [0.29, 0.717) is 17.3 Å². The number of sulfonamides is 1. The molecule has 3 N–H and O–H groups in total. The molecule has 2 atom stereocenters. The Balaban J connectivity index is 2.01. The number of pyridine rings is 1. The van der Waals surface area contributed by atoms with Crippen LogP contribution in [0, 0.1) is 5.92 Å². The van der Waals surface area contributed by atoms with Crippen molar-refractivity contribution < 1.29 is 8.42 Å². The van der Waals surface area contributed by atoms with Crippen molar-refractivity contribution in [1.82, 2.24) is 9.71 Å². The highest BCUT2D eigenvalue weighted by Crippen LogP contribution is 2.24. The van der Waals surface area contributed by atoms with Gasteiger partial charge in [-0.05, 0) is 36.9 Å². The lowest BCUT2D eigenvalue weighted by molar-refractivity contribution is 0.296. The molecular formula is C13H20ClN3O2S. The van der Waals surface area contributed by atoms with Crippen LogP contribution in [0.4, 0.5) is 0 Å². The normalized spacial score (nSPS) is 23.7. The molecule has 0 saturated heterocycles. The maximum absolute atomic E-state index is 12.2. The van der Waals surface area contributed by atoms with Crippen LogP contribution in [0.5, 0.6) is 0 Å². The van der Waals surface area contributed by atoms with Crippen molar-refractivity contribution in [3.8, 4) is 0 Å². The summed E-state index contributed by atoms with van der Waals surface area (Å²) in [7, 11) is -3.38. The highest BCUT2D eigenvalue weighted by atomic mass is 35.5. The maximum atomic E-state index is 12.2. The molecule has 1 aliphatic carbocycles. The highest BCUT2D eigenvalue weighted by molar-refractivity contribution is 7.88. The summed E-state index contributed by atoms with van der Waals surface area (Å²) >= 11 is 5.69. The third-order valence-corrected chi connectivity index (χ3v) is 5.29. The summed E-state index contributed by atoms with van der Waals surface area (Å²) in [4.78, 5) is 3.89. The van der Waals surface area contributed by atoms with Crippen LogP contribution >= 0.6 is 11.6 Å². The lowest BCUT2D eigenvalue weighted by atomic mass is 9.85. The zero-order valence-electron chi connectivity index (χ0n) is 11.3. The Morgan fingerprint density at radius 2 is 2.10 bits per heavy atom. The van der Waals surface area contributed by atoms with Crippen LogP contribution in [-0.2, 0) is 15.8 Å². The van der Waals surface area contributed by atoms with Crippen LogP contribution in [0.2, 0.25) is 5.15 Å². The van der Waals surface area contributed by atoms with E-state index in [9.17, 15) is 8.42 Å². The van der Waals surface area contributed by atoms with Crippen LogP contribution in [0.3, 0.4) is 0 Å². The predicted octanol–water partition coefficient (Wildman–Crippen LogP) is 1.67. The van der Waals surface area contributed by atoms with Crippen molar-refractivity contribution in [3.05, 3.63) is 29.0 Å². The summed E-state index contributed by atoms with van der Waals surface area (Å²) in [5.41, 5.74) is 6.35. The molecule has 0 aliphatic heterocycles. The van der Waals surface area contributed by atoms with Crippen molar-refractivity contribution in [2.24, 2.45) is 11.7 Å². The molecule has 0 spiro atoms. The van der Waals surface area contributed by atoms with E-state index in [2.05, 4.69) is 9.71 Å². The zero-order valence-corrected chi connectivity index (χ0v) is 12.8. The summed E-state index contributed by atoms with van der Waals surface area (Å²) in [6.07, 6.45) is 5.52. The third-order valence-electron chi connectivity index (χ3n) is 3.69. The standard InChI is InChI=1S/C13H20ClN3O2S/c14-13-6-5-10(8-16-13)9-20(18,19)17-12-4-2-1-3-11(12)7-15/h5-6,8,11-12,17H,1-4,7,9,15H2. The van der Waals surface area contributed by atoms with Crippen LogP contribution in [0.1, 0.15) is 31.2 Å². The minimum absolute atomic E-state index is 0.0426. The van der Waals surface area contributed by atoms with Crippen LogP contribution in [-0.4, -0.2) is 26.0 Å². The van der Waals surface area contributed by atoms with Gasteiger partial charge in [-0.3, -0.25) is 0 Å². The molecule has 5 nitrogen and oxygen atoms in total. The van der Waals surface area contributed by atoms with Gasteiger partial charge in [-0.2, -0.15) is 0 Å². The summed E-state index contributed by atoms with van der Waals surface area (Å²) < 4.78 is 27.2. The Hall–Kier alpha value is -0.690. The van der Waals surface area contributed by atoms with E-state index in [1.807, 2.05) is 0 Å². The van der Waals surface area contributed by atoms with E-state index in [0.717, 1.165) is 25.7 Å². The first kappa shape index (κ1) is 15.7. The molecule has 0 aromatic carbocycles. The zero-order chi connectivity index (χ0) is 14.6. The van der Waals surface area contributed by atoms with Crippen LogP contribution in [0.15, 0.2) is 18.3 Å². The Labute approximate surface area is 125 Å². The lowest BCUT2D eigenvalue weighted by Gasteiger charge is -2.31. The Morgan fingerprint density at radius 3 is 2.75 bits per heavy atom. The Bertz CT molecular complexity index is 533. The first-order chi connectivity index (χ1) is 9.50. The molecule has 1 aliphatic rings. The fourth-order valence-corrected chi connectivity index (χ4v) is 4.20. The molecule has 0 radical (unpaired) electrons. The van der Waals surface area contributed by atoms with E-state index >= 15 is 0 Å². The van der Waals surface area contributed by atoms with E-state index in [1.165, 1.54) is 6.20 Å². The smallest absolute Gasteiger partial charge is 0.216 e. The second kappa shape index (κ2) is 6.85. The minimum atomic E-state index is -3.38. The van der Waals surface area contributed by atoms with Crippen molar-refractivity contribution in [1.29, 1.82) is 0 Å². The molecule has 2 unspecified atom stereocenters. The molecule has 7 heteroatoms. The van der Waals surface area contributed by atoms with Crippen LogP contribution in [0.25, 0.3) is 0 Å². The molecular weight excluding hydrogens is 298 g/mol. The number of halogens is 1. The highest BCUT2D eigenvalue weighted by Gasteiger charge is 2.27. The van der Waals surface area contributed by atoms with Crippen molar-refractivity contribution in [2.45, 2.75) is 37.5 Å². The average molecular weight is 318 g/mol. The first-order valence-corrected chi connectivity index (χ1v) is 8.84. The van der Waals surface area contributed by atoms with Gasteiger partial charge in [0.1, 0.15) is 5.15 Å². The lowest BCUT2D eigenvalue weighted by Crippen LogP contribution is -2.45. The predicted molar refractivity (Wildman–Crippen MR) is 79.8 cm³/mol. The van der Waals surface area contributed by atoms with Gasteiger partial charge in [-0.1, -0.05) is 30.5 Å². The number of rotatable bonds is 5. The van der Waals surface area contributed by atoms with Crippen molar-refractivity contribution >= 4 is 21.6 Å². The Morgan fingerprint density at radius 1 is 1.35 bits per heavy atom. The number of aromatic nitrogens is 1. The molecule has 20 heavy (non-hydrogen) atoms. The fraction of sp³-hybridized carbons (Fsp3) is 0.615. The van der Waals surface area contributed by atoms with Gasteiger partial charge in [-0.25, -0.2) is 18.1 Å². The fourth-order valence-electron chi connectivity index (χ4n) is 2.63. The van der Waals surface area contributed by atoms with E-state index < -0.39 is 10.0 Å². The summed E-state index contributed by atoms with van der Waals surface area (Å²) in [5.74, 6) is 0.159. The molecule has 0 bridgehead atoms. The van der Waals surface area contributed by atoms with Gasteiger partial charge in [0.25, 0.3) is 0 Å². The Kier molecular flexibility index (Phi) is 5.37. The minimum Gasteiger partial charge on any atom is -0.330 e. The molecule has 112 valence electrons. The molecule has 1 saturated carbocycles. The third kappa shape index (κ3) is 4.41. The number of hydrogen-bond donors (Lipinski definition) is 2. The van der Waals surface area contributed by atoms with Crippen LogP contribution < -0.4 is 10.5 Å². The largest absolute Gasteiger partial charge is 0.330 e. The molecule has 1 fully saturated rings.